The van der Waals surface area contributed by atoms with Crippen LogP contribution in [0.15, 0.2) is 65.8 Å². The Bertz CT molecular complexity index is 1160. The molecule has 3 N–H and O–H groups in total. The first-order valence-electron chi connectivity index (χ1n) is 11.0. The zero-order valence-corrected chi connectivity index (χ0v) is 18.5. The second-order valence-electron chi connectivity index (χ2n) is 8.07. The van der Waals surface area contributed by atoms with Crippen LogP contribution >= 0.6 is 0 Å². The van der Waals surface area contributed by atoms with Crippen molar-refractivity contribution in [3.63, 3.8) is 0 Å². The number of nitrogens with one attached hydrogen (secondary N) is 1. The molecule has 2 aromatic carbocycles. The molecule has 1 unspecified atom stereocenters. The van der Waals surface area contributed by atoms with Crippen LogP contribution in [0.1, 0.15) is 35.7 Å². The second-order valence-corrected chi connectivity index (χ2v) is 8.07. The average Bonchev–Trinajstić information content (AvgIpc) is 2.79. The molecule has 0 radical (unpaired) electrons. The number of aromatic nitrogens is 1. The standard InChI is InChI=1S/C26H28N4O2/c1-3-28-25(27)24-16-23(11-12-29-24)32-22-10-9-18-7-8-19(14-20(18)15-22)26(31)30-21-6-4-5-17(2)13-21/h4-6,9-13,15-16,19H,3,7-8,14H2,1-2H3,(H2,27,28)(H,30,31). The maximum absolute atomic E-state index is 12.8. The van der Waals surface area contributed by atoms with Gasteiger partial charge in [0, 0.05) is 30.4 Å². The molecule has 1 aliphatic rings. The van der Waals surface area contributed by atoms with Gasteiger partial charge in [-0.05, 0) is 80.1 Å². The minimum atomic E-state index is -0.0594. The molecule has 6 nitrogen and oxygen atoms in total. The van der Waals surface area contributed by atoms with E-state index >= 15 is 0 Å². The molecule has 4 rings (SSSR count). The number of nitrogens with two attached hydrogens (primary N) is 1. The van der Waals surface area contributed by atoms with E-state index in [1.807, 2.05) is 50.2 Å². The molecule has 1 aromatic heterocycles. The smallest absolute Gasteiger partial charge is 0.227 e. The fourth-order valence-corrected chi connectivity index (χ4v) is 3.99. The molecule has 164 valence electrons. The zero-order valence-electron chi connectivity index (χ0n) is 18.5. The van der Waals surface area contributed by atoms with Crippen LogP contribution in [-0.4, -0.2) is 23.3 Å². The number of hydrogen-bond donors (Lipinski definition) is 2. The largest absolute Gasteiger partial charge is 0.457 e. The number of hydrogen-bond acceptors (Lipinski definition) is 4. The van der Waals surface area contributed by atoms with Crippen LogP contribution in [0, 0.1) is 12.8 Å². The van der Waals surface area contributed by atoms with Crippen molar-refractivity contribution >= 4 is 17.4 Å². The van der Waals surface area contributed by atoms with Gasteiger partial charge in [0.1, 0.15) is 23.0 Å². The van der Waals surface area contributed by atoms with Crippen LogP contribution in [0.25, 0.3) is 0 Å². The van der Waals surface area contributed by atoms with Crippen molar-refractivity contribution in [1.82, 2.24) is 4.98 Å². The van der Waals surface area contributed by atoms with Crippen LogP contribution in [0.5, 0.6) is 11.5 Å². The van der Waals surface area contributed by atoms with E-state index < -0.39 is 0 Å². The van der Waals surface area contributed by atoms with Gasteiger partial charge in [0.25, 0.3) is 0 Å². The number of anilines is 1. The van der Waals surface area contributed by atoms with E-state index in [2.05, 4.69) is 21.4 Å². The first-order valence-corrected chi connectivity index (χ1v) is 11.0. The highest BCUT2D eigenvalue weighted by atomic mass is 16.5. The lowest BCUT2D eigenvalue weighted by atomic mass is 9.83. The number of carbonyl (C=O) groups excluding carboxylic acids is 1. The van der Waals surface area contributed by atoms with Crippen molar-refractivity contribution in [3.8, 4) is 11.5 Å². The van der Waals surface area contributed by atoms with E-state index in [4.69, 9.17) is 10.5 Å². The molecular weight excluding hydrogens is 400 g/mol. The maximum atomic E-state index is 12.8. The van der Waals surface area contributed by atoms with Crippen LogP contribution in [0.2, 0.25) is 0 Å². The Morgan fingerprint density at radius 2 is 2.00 bits per heavy atom. The predicted octanol–water partition coefficient (Wildman–Crippen LogP) is 4.65. The molecule has 6 heteroatoms. The van der Waals surface area contributed by atoms with Crippen LogP contribution in [0.3, 0.4) is 0 Å². The Morgan fingerprint density at radius 1 is 1.16 bits per heavy atom. The van der Waals surface area contributed by atoms with E-state index in [9.17, 15) is 4.79 Å². The van der Waals surface area contributed by atoms with Crippen molar-refractivity contribution in [2.24, 2.45) is 16.6 Å². The van der Waals surface area contributed by atoms with E-state index in [1.54, 1.807) is 18.3 Å². The van der Waals surface area contributed by atoms with E-state index in [0.717, 1.165) is 35.4 Å². The normalized spacial score (nSPS) is 15.7. The van der Waals surface area contributed by atoms with Gasteiger partial charge < -0.3 is 15.8 Å². The molecule has 0 aliphatic heterocycles. The highest BCUT2D eigenvalue weighted by Crippen LogP contribution is 2.31. The van der Waals surface area contributed by atoms with Crippen molar-refractivity contribution < 1.29 is 9.53 Å². The zero-order chi connectivity index (χ0) is 22.5. The summed E-state index contributed by atoms with van der Waals surface area (Å²) in [6.45, 7) is 4.54. The minimum absolute atomic E-state index is 0.0594. The molecule has 1 atom stereocenters. The van der Waals surface area contributed by atoms with Crippen molar-refractivity contribution in [2.45, 2.75) is 33.1 Å². The van der Waals surface area contributed by atoms with Crippen molar-refractivity contribution in [3.05, 3.63) is 83.2 Å². The summed E-state index contributed by atoms with van der Waals surface area (Å²) >= 11 is 0. The number of benzene rings is 2. The predicted molar refractivity (Wildman–Crippen MR) is 127 cm³/mol. The molecule has 0 spiro atoms. The molecule has 3 aromatic rings. The molecule has 0 saturated heterocycles. The van der Waals surface area contributed by atoms with Gasteiger partial charge >= 0.3 is 0 Å². The number of pyridine rings is 1. The number of aryl methyl sites for hydroxylation is 2. The van der Waals surface area contributed by atoms with Crippen molar-refractivity contribution in [2.75, 3.05) is 11.9 Å². The minimum Gasteiger partial charge on any atom is -0.457 e. The Balaban J connectivity index is 1.46. The van der Waals surface area contributed by atoms with Gasteiger partial charge in [-0.25, -0.2) is 0 Å². The topological polar surface area (TPSA) is 89.6 Å². The quantitative estimate of drug-likeness (QED) is 0.442. The first kappa shape index (κ1) is 21.6. The molecule has 0 bridgehead atoms. The fourth-order valence-electron chi connectivity index (χ4n) is 3.99. The highest BCUT2D eigenvalue weighted by molar-refractivity contribution is 5.96. The molecule has 32 heavy (non-hydrogen) atoms. The van der Waals surface area contributed by atoms with E-state index in [0.29, 0.717) is 30.2 Å². The molecule has 1 amide bonds. The summed E-state index contributed by atoms with van der Waals surface area (Å²) in [6.07, 6.45) is 4.08. The SMILES string of the molecule is CCN=C(N)c1cc(Oc2ccc3c(c2)CC(C(=O)Nc2cccc(C)c2)CC3)ccn1. The summed E-state index contributed by atoms with van der Waals surface area (Å²) in [6, 6.07) is 17.6. The van der Waals surface area contributed by atoms with Gasteiger partial charge in [-0.3, -0.25) is 14.8 Å². The van der Waals surface area contributed by atoms with Crippen molar-refractivity contribution in [1.29, 1.82) is 0 Å². The maximum Gasteiger partial charge on any atom is 0.227 e. The first-order chi connectivity index (χ1) is 15.5. The molecule has 0 saturated carbocycles. The Hall–Kier alpha value is -3.67. The third-order valence-electron chi connectivity index (χ3n) is 5.62. The monoisotopic (exact) mass is 428 g/mol. The van der Waals surface area contributed by atoms with Gasteiger partial charge in [-0.2, -0.15) is 0 Å². The summed E-state index contributed by atoms with van der Waals surface area (Å²) in [4.78, 5) is 21.3. The Kier molecular flexibility index (Phi) is 6.50. The highest BCUT2D eigenvalue weighted by Gasteiger charge is 2.25. The van der Waals surface area contributed by atoms with Gasteiger partial charge in [0.05, 0.1) is 0 Å². The second kappa shape index (κ2) is 9.64. The fraction of sp³-hybridized carbons (Fsp3) is 0.269. The van der Waals surface area contributed by atoms with E-state index in [-0.39, 0.29) is 11.8 Å². The number of carbonyl (C=O) groups is 1. The Labute approximate surface area is 188 Å². The third kappa shape index (κ3) is 5.14. The lowest BCUT2D eigenvalue weighted by Crippen LogP contribution is -2.28. The van der Waals surface area contributed by atoms with Crippen LogP contribution < -0.4 is 15.8 Å². The molecule has 1 aliphatic carbocycles. The lowest BCUT2D eigenvalue weighted by Gasteiger charge is -2.24. The number of amides is 1. The average molecular weight is 429 g/mol. The van der Waals surface area contributed by atoms with Crippen LogP contribution in [-0.2, 0) is 17.6 Å². The van der Waals surface area contributed by atoms with Gasteiger partial charge in [-0.1, -0.05) is 18.2 Å². The molecule has 1 heterocycles. The van der Waals surface area contributed by atoms with Gasteiger partial charge in [-0.15, -0.1) is 0 Å². The number of aliphatic imine (C=N–C) groups is 1. The number of nitrogens with zero attached hydrogens (tertiary/aromatic N) is 2. The van der Waals surface area contributed by atoms with Gasteiger partial charge in [0.15, 0.2) is 0 Å². The summed E-state index contributed by atoms with van der Waals surface area (Å²) in [5, 5.41) is 3.06. The summed E-state index contributed by atoms with van der Waals surface area (Å²) in [7, 11) is 0. The number of rotatable bonds is 6. The van der Waals surface area contributed by atoms with Crippen LogP contribution in [0.4, 0.5) is 5.69 Å². The number of amidine groups is 1. The van der Waals surface area contributed by atoms with E-state index in [1.165, 1.54) is 5.56 Å². The lowest BCUT2D eigenvalue weighted by molar-refractivity contribution is -0.120. The third-order valence-corrected chi connectivity index (χ3v) is 5.62. The molecular formula is C26H28N4O2. The summed E-state index contributed by atoms with van der Waals surface area (Å²) in [5.41, 5.74) is 10.9. The molecule has 0 fully saturated rings. The Morgan fingerprint density at radius 3 is 2.81 bits per heavy atom. The number of fused-ring (bicyclic) bond motifs is 1. The summed E-state index contributed by atoms with van der Waals surface area (Å²) < 4.78 is 6.07. The summed E-state index contributed by atoms with van der Waals surface area (Å²) in [5.74, 6) is 1.78. The van der Waals surface area contributed by atoms with Gasteiger partial charge in [0.2, 0.25) is 5.91 Å². The number of ether oxygens (including phenoxy) is 1.